The van der Waals surface area contributed by atoms with Crippen molar-refractivity contribution in [3.8, 4) is 0 Å². The summed E-state index contributed by atoms with van der Waals surface area (Å²) in [6.07, 6.45) is 5.34. The number of rotatable bonds is 6. The highest BCUT2D eigenvalue weighted by atomic mass is 15.2. The van der Waals surface area contributed by atoms with Crippen molar-refractivity contribution in [3.63, 3.8) is 0 Å². The maximum absolute atomic E-state index is 6.00. The van der Waals surface area contributed by atoms with Crippen molar-refractivity contribution in [1.82, 2.24) is 4.90 Å². The number of hydrogen-bond acceptors (Lipinski definition) is 2. The minimum atomic E-state index is 0.491. The van der Waals surface area contributed by atoms with E-state index in [9.17, 15) is 0 Å². The zero-order chi connectivity index (χ0) is 13.8. The Morgan fingerprint density at radius 2 is 1.72 bits per heavy atom. The Balaban J connectivity index is 2.77. The summed E-state index contributed by atoms with van der Waals surface area (Å²) in [5, 5.41) is 0. The van der Waals surface area contributed by atoms with Crippen molar-refractivity contribution in [1.29, 1.82) is 0 Å². The summed E-state index contributed by atoms with van der Waals surface area (Å²) >= 11 is 0. The van der Waals surface area contributed by atoms with Gasteiger partial charge < -0.3 is 10.6 Å². The van der Waals surface area contributed by atoms with E-state index in [1.165, 1.54) is 25.7 Å². The molecule has 0 aliphatic heterocycles. The third-order valence-corrected chi connectivity index (χ3v) is 5.56. The van der Waals surface area contributed by atoms with Gasteiger partial charge in [-0.1, -0.05) is 41.0 Å². The van der Waals surface area contributed by atoms with Crippen molar-refractivity contribution in [2.45, 2.75) is 66.3 Å². The fourth-order valence-corrected chi connectivity index (χ4v) is 3.62. The second-order valence-electron chi connectivity index (χ2n) is 6.64. The summed E-state index contributed by atoms with van der Waals surface area (Å²) in [5.74, 6) is 1.59. The fourth-order valence-electron chi connectivity index (χ4n) is 3.62. The van der Waals surface area contributed by atoms with Crippen molar-refractivity contribution in [3.05, 3.63) is 0 Å². The van der Waals surface area contributed by atoms with Crippen LogP contribution < -0.4 is 5.73 Å². The summed E-state index contributed by atoms with van der Waals surface area (Å²) in [7, 11) is 0. The second kappa shape index (κ2) is 6.91. The van der Waals surface area contributed by atoms with E-state index in [2.05, 4.69) is 39.5 Å². The van der Waals surface area contributed by atoms with Gasteiger partial charge >= 0.3 is 0 Å². The SMILES string of the molecule is CCN(CC)C1CC(C(C)(C)CC)CCC1CN. The first-order valence-electron chi connectivity index (χ1n) is 7.94. The van der Waals surface area contributed by atoms with Crippen LogP contribution in [0.2, 0.25) is 0 Å². The second-order valence-corrected chi connectivity index (χ2v) is 6.64. The normalized spacial score (nSPS) is 29.8. The molecule has 2 N–H and O–H groups in total. The van der Waals surface area contributed by atoms with Gasteiger partial charge in [-0.2, -0.15) is 0 Å². The van der Waals surface area contributed by atoms with Crippen LogP contribution in [-0.4, -0.2) is 30.6 Å². The van der Waals surface area contributed by atoms with Gasteiger partial charge in [0, 0.05) is 6.04 Å². The Morgan fingerprint density at radius 3 is 2.17 bits per heavy atom. The smallest absolute Gasteiger partial charge is 0.0138 e. The zero-order valence-corrected chi connectivity index (χ0v) is 13.2. The zero-order valence-electron chi connectivity index (χ0n) is 13.2. The van der Waals surface area contributed by atoms with Gasteiger partial charge in [0.05, 0.1) is 0 Å². The van der Waals surface area contributed by atoms with E-state index >= 15 is 0 Å². The van der Waals surface area contributed by atoms with E-state index in [1.807, 2.05) is 0 Å². The first-order chi connectivity index (χ1) is 8.50. The molecule has 1 fully saturated rings. The van der Waals surface area contributed by atoms with Gasteiger partial charge in [-0.3, -0.25) is 0 Å². The molecule has 0 spiro atoms. The van der Waals surface area contributed by atoms with Crippen molar-refractivity contribution in [2.75, 3.05) is 19.6 Å². The molecule has 3 atom stereocenters. The van der Waals surface area contributed by atoms with Crippen LogP contribution in [0.25, 0.3) is 0 Å². The molecule has 18 heavy (non-hydrogen) atoms. The maximum atomic E-state index is 6.00. The van der Waals surface area contributed by atoms with Crippen LogP contribution in [0.4, 0.5) is 0 Å². The molecule has 0 amide bonds. The number of hydrogen-bond donors (Lipinski definition) is 1. The molecule has 0 radical (unpaired) electrons. The van der Waals surface area contributed by atoms with Crippen LogP contribution in [0.15, 0.2) is 0 Å². The van der Waals surface area contributed by atoms with E-state index in [4.69, 9.17) is 5.73 Å². The molecular formula is C16H34N2. The Bertz CT molecular complexity index is 226. The summed E-state index contributed by atoms with van der Waals surface area (Å²) in [6, 6.07) is 0.717. The highest BCUT2D eigenvalue weighted by Gasteiger charge is 2.38. The Morgan fingerprint density at radius 1 is 1.11 bits per heavy atom. The van der Waals surface area contributed by atoms with Gasteiger partial charge in [0.1, 0.15) is 0 Å². The Hall–Kier alpha value is -0.0800. The van der Waals surface area contributed by atoms with E-state index in [-0.39, 0.29) is 0 Å². The molecule has 0 saturated heterocycles. The largest absolute Gasteiger partial charge is 0.330 e. The predicted molar refractivity (Wildman–Crippen MR) is 80.7 cm³/mol. The Labute approximate surface area is 114 Å². The first kappa shape index (κ1) is 16.0. The molecule has 0 aromatic rings. The monoisotopic (exact) mass is 254 g/mol. The maximum Gasteiger partial charge on any atom is 0.0138 e. The number of nitrogens with zero attached hydrogens (tertiary/aromatic N) is 1. The predicted octanol–water partition coefficient (Wildman–Crippen LogP) is 3.51. The third-order valence-electron chi connectivity index (χ3n) is 5.56. The van der Waals surface area contributed by atoms with Crippen LogP contribution in [-0.2, 0) is 0 Å². The minimum absolute atomic E-state index is 0.491. The molecule has 0 bridgehead atoms. The topological polar surface area (TPSA) is 29.3 Å². The van der Waals surface area contributed by atoms with Crippen molar-refractivity contribution in [2.24, 2.45) is 23.0 Å². The highest BCUT2D eigenvalue weighted by molar-refractivity contribution is 4.91. The molecule has 1 aliphatic carbocycles. The van der Waals surface area contributed by atoms with Crippen LogP contribution in [0.5, 0.6) is 0 Å². The number of nitrogens with two attached hydrogens (primary N) is 1. The molecule has 0 aromatic carbocycles. The molecular weight excluding hydrogens is 220 g/mol. The lowest BCUT2D eigenvalue weighted by Gasteiger charge is -2.46. The lowest BCUT2D eigenvalue weighted by atomic mass is 9.65. The van der Waals surface area contributed by atoms with Gasteiger partial charge in [-0.15, -0.1) is 0 Å². The summed E-state index contributed by atoms with van der Waals surface area (Å²) in [6.45, 7) is 15.0. The quantitative estimate of drug-likeness (QED) is 0.786. The van der Waals surface area contributed by atoms with Crippen LogP contribution in [0, 0.1) is 17.3 Å². The third kappa shape index (κ3) is 3.48. The van der Waals surface area contributed by atoms with Gasteiger partial charge in [-0.25, -0.2) is 0 Å². The molecule has 1 rings (SSSR count). The van der Waals surface area contributed by atoms with Crippen LogP contribution in [0.3, 0.4) is 0 Å². The molecule has 3 unspecified atom stereocenters. The highest BCUT2D eigenvalue weighted by Crippen LogP contribution is 2.43. The molecule has 1 aliphatic rings. The average molecular weight is 254 g/mol. The van der Waals surface area contributed by atoms with Crippen LogP contribution in [0.1, 0.15) is 60.3 Å². The van der Waals surface area contributed by atoms with Gasteiger partial charge in [0.15, 0.2) is 0 Å². The van der Waals surface area contributed by atoms with Crippen molar-refractivity contribution >= 4 is 0 Å². The molecule has 0 heterocycles. The van der Waals surface area contributed by atoms with Gasteiger partial charge in [-0.05, 0) is 56.1 Å². The molecule has 2 nitrogen and oxygen atoms in total. The Kier molecular flexibility index (Phi) is 6.13. The molecule has 2 heteroatoms. The molecule has 0 aromatic heterocycles. The van der Waals surface area contributed by atoms with E-state index in [1.54, 1.807) is 0 Å². The summed E-state index contributed by atoms with van der Waals surface area (Å²) in [4.78, 5) is 2.63. The van der Waals surface area contributed by atoms with E-state index in [0.717, 1.165) is 31.6 Å². The average Bonchev–Trinajstić information content (AvgIpc) is 2.40. The fraction of sp³-hybridized carbons (Fsp3) is 1.00. The lowest BCUT2D eigenvalue weighted by Crippen LogP contribution is -2.48. The first-order valence-corrected chi connectivity index (χ1v) is 7.94. The van der Waals surface area contributed by atoms with E-state index in [0.29, 0.717) is 11.3 Å². The van der Waals surface area contributed by atoms with Gasteiger partial charge in [0.2, 0.25) is 0 Å². The minimum Gasteiger partial charge on any atom is -0.330 e. The lowest BCUT2D eigenvalue weighted by molar-refractivity contribution is 0.0425. The summed E-state index contributed by atoms with van der Waals surface area (Å²) in [5.41, 5.74) is 6.49. The van der Waals surface area contributed by atoms with Gasteiger partial charge in [0.25, 0.3) is 0 Å². The van der Waals surface area contributed by atoms with Crippen LogP contribution >= 0.6 is 0 Å². The molecule has 108 valence electrons. The summed E-state index contributed by atoms with van der Waals surface area (Å²) < 4.78 is 0. The standard InChI is InChI=1S/C16H34N2/c1-6-16(4,5)14-10-9-13(12-17)15(11-14)18(7-2)8-3/h13-15H,6-12,17H2,1-5H3. The van der Waals surface area contributed by atoms with Crippen molar-refractivity contribution < 1.29 is 0 Å². The van der Waals surface area contributed by atoms with E-state index < -0.39 is 0 Å². The molecule has 1 saturated carbocycles.